The fourth-order valence-corrected chi connectivity index (χ4v) is 2.34. The summed E-state index contributed by atoms with van der Waals surface area (Å²) in [6.45, 7) is 0. The van der Waals surface area contributed by atoms with E-state index in [4.69, 9.17) is 4.52 Å². The number of hydrogen-bond donors (Lipinski definition) is 0. The highest BCUT2D eigenvalue weighted by molar-refractivity contribution is 14.3. The summed E-state index contributed by atoms with van der Waals surface area (Å²) in [6.07, 6.45) is 0. The molecule has 0 aliphatic rings. The van der Waals surface area contributed by atoms with Crippen LogP contribution in [0.15, 0.2) is 30.3 Å². The summed E-state index contributed by atoms with van der Waals surface area (Å²) in [7, 11) is 0. The van der Waals surface area contributed by atoms with Crippen molar-refractivity contribution in [1.82, 2.24) is 0 Å². The Morgan fingerprint density at radius 1 is 1.18 bits per heavy atom. The van der Waals surface area contributed by atoms with Crippen molar-refractivity contribution in [1.29, 1.82) is 0 Å². The van der Waals surface area contributed by atoms with Crippen LogP contribution in [-0.2, 0) is 4.57 Å². The number of rotatable bonds is 2. The molecule has 1 rings (SSSR count). The molecular formula is C6H5I2O2P. The molecule has 0 saturated heterocycles. The highest BCUT2D eigenvalue weighted by Gasteiger charge is 2.12. The first-order valence-electron chi connectivity index (χ1n) is 2.82. The summed E-state index contributed by atoms with van der Waals surface area (Å²) in [5.41, 5.74) is 0. The minimum Gasteiger partial charge on any atom is -0.430 e. The summed E-state index contributed by atoms with van der Waals surface area (Å²) < 4.78 is 13.8. The molecule has 0 aromatic heterocycles. The minimum atomic E-state index is -2.45. The van der Waals surface area contributed by atoms with E-state index in [1.807, 2.05) is 18.2 Å². The second kappa shape index (κ2) is 4.09. The Hall–Kier alpha value is 0.710. The molecule has 5 heteroatoms. The third-order valence-corrected chi connectivity index (χ3v) is 2.56. The van der Waals surface area contributed by atoms with E-state index in [1.54, 1.807) is 56.2 Å². The molecule has 1 aromatic rings. The van der Waals surface area contributed by atoms with Crippen molar-refractivity contribution in [2.45, 2.75) is 0 Å². The van der Waals surface area contributed by atoms with Crippen LogP contribution in [0.25, 0.3) is 0 Å². The van der Waals surface area contributed by atoms with Gasteiger partial charge in [0.2, 0.25) is 0 Å². The van der Waals surface area contributed by atoms with Gasteiger partial charge >= 0.3 is 2.65 Å². The van der Waals surface area contributed by atoms with Gasteiger partial charge in [-0.3, -0.25) is 4.57 Å². The maximum atomic E-state index is 11.1. The van der Waals surface area contributed by atoms with Crippen LogP contribution >= 0.6 is 46.7 Å². The molecule has 11 heavy (non-hydrogen) atoms. The fraction of sp³-hybridized carbons (Fsp3) is 0. The molecule has 1 aromatic carbocycles. The number of hydrogen-bond acceptors (Lipinski definition) is 2. The maximum Gasteiger partial charge on any atom is 0.360 e. The first kappa shape index (κ1) is 9.80. The van der Waals surface area contributed by atoms with E-state index in [0.29, 0.717) is 5.75 Å². The highest BCUT2D eigenvalue weighted by Crippen LogP contribution is 2.62. The van der Waals surface area contributed by atoms with Crippen molar-refractivity contribution in [3.05, 3.63) is 30.3 Å². The summed E-state index contributed by atoms with van der Waals surface area (Å²) >= 11 is 3.60. The molecule has 0 saturated carbocycles. The van der Waals surface area contributed by atoms with Crippen LogP contribution in [0.1, 0.15) is 0 Å². The number of halogens is 2. The summed E-state index contributed by atoms with van der Waals surface area (Å²) in [5.74, 6) is 0.652. The van der Waals surface area contributed by atoms with E-state index in [2.05, 4.69) is 0 Å². The molecule has 0 atom stereocenters. The van der Waals surface area contributed by atoms with Crippen LogP contribution in [0.5, 0.6) is 5.75 Å². The van der Waals surface area contributed by atoms with Crippen molar-refractivity contribution in [3.8, 4) is 5.75 Å². The first-order valence-corrected chi connectivity index (χ1v) is 10.0. The predicted molar refractivity (Wildman–Crippen MR) is 62.7 cm³/mol. The number of para-hydroxylation sites is 1. The third kappa shape index (κ3) is 4.32. The molecule has 0 spiro atoms. The zero-order valence-electron chi connectivity index (χ0n) is 5.41. The summed E-state index contributed by atoms with van der Waals surface area (Å²) in [6, 6.07) is 9.14. The Bertz CT molecular complexity index is 269. The Morgan fingerprint density at radius 3 is 2.18 bits per heavy atom. The average Bonchev–Trinajstić information content (AvgIpc) is 1.85. The Balaban J connectivity index is 2.74. The van der Waals surface area contributed by atoms with Gasteiger partial charge in [0.1, 0.15) is 5.75 Å². The van der Waals surface area contributed by atoms with Crippen LogP contribution in [0, 0.1) is 0 Å². The molecular weight excluding hydrogens is 389 g/mol. The second-order valence-electron chi connectivity index (χ2n) is 1.82. The lowest BCUT2D eigenvalue weighted by molar-refractivity contribution is 0.520. The van der Waals surface area contributed by atoms with E-state index in [1.165, 1.54) is 0 Å². The zero-order chi connectivity index (χ0) is 8.32. The van der Waals surface area contributed by atoms with E-state index >= 15 is 0 Å². The predicted octanol–water partition coefficient (Wildman–Crippen LogP) is 4.04. The van der Waals surface area contributed by atoms with Crippen molar-refractivity contribution in [3.63, 3.8) is 0 Å². The molecule has 2 nitrogen and oxygen atoms in total. The smallest absolute Gasteiger partial charge is 0.360 e. The lowest BCUT2D eigenvalue weighted by atomic mass is 10.3. The van der Waals surface area contributed by atoms with Gasteiger partial charge in [-0.2, -0.15) is 0 Å². The minimum absolute atomic E-state index is 0.652. The van der Waals surface area contributed by atoms with Crippen molar-refractivity contribution >= 4 is 46.7 Å². The van der Waals surface area contributed by atoms with E-state index in [0.717, 1.165) is 0 Å². The van der Waals surface area contributed by atoms with E-state index < -0.39 is 2.65 Å². The monoisotopic (exact) mass is 394 g/mol. The number of benzene rings is 1. The first-order chi connectivity index (χ1) is 5.08. The van der Waals surface area contributed by atoms with Crippen molar-refractivity contribution < 1.29 is 9.09 Å². The Kier molecular flexibility index (Phi) is 3.64. The van der Waals surface area contributed by atoms with Gasteiger partial charge in [0, 0.05) is 44.1 Å². The highest BCUT2D eigenvalue weighted by atomic mass is 127. The molecule has 0 aliphatic carbocycles. The largest absolute Gasteiger partial charge is 0.430 e. The van der Waals surface area contributed by atoms with Gasteiger partial charge in [0.15, 0.2) is 0 Å². The average molecular weight is 394 g/mol. The van der Waals surface area contributed by atoms with Gasteiger partial charge in [-0.15, -0.1) is 0 Å². The van der Waals surface area contributed by atoms with Gasteiger partial charge in [-0.1, -0.05) is 18.2 Å². The fourth-order valence-electron chi connectivity index (χ4n) is 0.604. The quantitative estimate of drug-likeness (QED) is 0.560. The van der Waals surface area contributed by atoms with Crippen LogP contribution in [0.3, 0.4) is 0 Å². The standard InChI is InChI=1S/C6H5I2O2P/c7-11(8,9)10-6-4-2-1-3-5-6/h1-5H. The van der Waals surface area contributed by atoms with Crippen LogP contribution in [0.2, 0.25) is 0 Å². The normalized spacial score (nSPS) is 11.1. The third-order valence-electron chi connectivity index (χ3n) is 0.955. The van der Waals surface area contributed by atoms with Crippen LogP contribution in [-0.4, -0.2) is 0 Å². The van der Waals surface area contributed by atoms with Gasteiger partial charge in [-0.25, -0.2) is 0 Å². The topological polar surface area (TPSA) is 26.3 Å². The molecule has 60 valence electrons. The van der Waals surface area contributed by atoms with Gasteiger partial charge in [0.25, 0.3) is 0 Å². The van der Waals surface area contributed by atoms with Gasteiger partial charge < -0.3 is 4.52 Å². The Morgan fingerprint density at radius 2 is 1.73 bits per heavy atom. The SMILES string of the molecule is O=P(I)(I)Oc1ccccc1. The van der Waals surface area contributed by atoms with Crippen LogP contribution in [0.4, 0.5) is 0 Å². The van der Waals surface area contributed by atoms with Crippen molar-refractivity contribution in [2.24, 2.45) is 0 Å². The van der Waals surface area contributed by atoms with E-state index in [-0.39, 0.29) is 0 Å². The van der Waals surface area contributed by atoms with Crippen LogP contribution < -0.4 is 4.52 Å². The lowest BCUT2D eigenvalue weighted by Gasteiger charge is -2.05. The maximum absolute atomic E-state index is 11.1. The van der Waals surface area contributed by atoms with Gasteiger partial charge in [0.05, 0.1) is 0 Å². The van der Waals surface area contributed by atoms with Gasteiger partial charge in [-0.05, 0) is 12.1 Å². The molecule has 0 amide bonds. The van der Waals surface area contributed by atoms with Crippen molar-refractivity contribution in [2.75, 3.05) is 0 Å². The second-order valence-corrected chi connectivity index (χ2v) is 16.0. The molecule has 0 radical (unpaired) electrons. The summed E-state index contributed by atoms with van der Waals surface area (Å²) in [4.78, 5) is 0. The zero-order valence-corrected chi connectivity index (χ0v) is 10.6. The van der Waals surface area contributed by atoms with E-state index in [9.17, 15) is 4.57 Å². The molecule has 0 aliphatic heterocycles. The molecule has 0 unspecified atom stereocenters. The summed E-state index contributed by atoms with van der Waals surface area (Å²) in [5, 5.41) is 0. The molecule has 0 bridgehead atoms. The Labute approximate surface area is 91.1 Å². The lowest BCUT2D eigenvalue weighted by Crippen LogP contribution is -1.78. The molecule has 0 N–H and O–H groups in total. The molecule has 0 fully saturated rings. The molecule has 0 heterocycles.